The maximum atomic E-state index is 13.1. The lowest BCUT2D eigenvalue weighted by atomic mass is 10.0. The van der Waals surface area contributed by atoms with E-state index < -0.39 is 0 Å². The predicted molar refractivity (Wildman–Crippen MR) is 108 cm³/mol. The first-order chi connectivity index (χ1) is 13.5. The normalized spacial score (nSPS) is 17.5. The van der Waals surface area contributed by atoms with E-state index in [4.69, 9.17) is 0 Å². The molecule has 3 aromatic rings. The van der Waals surface area contributed by atoms with Gasteiger partial charge in [-0.25, -0.2) is 4.68 Å². The quantitative estimate of drug-likeness (QED) is 0.741. The molecule has 8 heteroatoms. The first kappa shape index (κ1) is 18.8. The van der Waals surface area contributed by atoms with Gasteiger partial charge < -0.3 is 9.88 Å². The van der Waals surface area contributed by atoms with Gasteiger partial charge in [-0.2, -0.15) is 0 Å². The molecule has 1 aromatic carbocycles. The van der Waals surface area contributed by atoms with Crippen molar-refractivity contribution in [2.45, 2.75) is 32.9 Å². The van der Waals surface area contributed by atoms with Gasteiger partial charge in [-0.15, -0.1) is 5.10 Å². The lowest BCUT2D eigenvalue weighted by molar-refractivity contribution is 0.120. The number of hydrogen-bond donors (Lipinski definition) is 1. The van der Waals surface area contributed by atoms with Gasteiger partial charge in [-0.05, 0) is 55.3 Å². The molecule has 1 aliphatic heterocycles. The average molecular weight is 381 g/mol. The molecule has 8 nitrogen and oxygen atoms in total. The number of pyridine rings is 1. The third-order valence-electron chi connectivity index (χ3n) is 5.57. The van der Waals surface area contributed by atoms with Gasteiger partial charge in [0.2, 0.25) is 0 Å². The van der Waals surface area contributed by atoms with Gasteiger partial charge in [0.15, 0.2) is 5.82 Å². The minimum absolute atomic E-state index is 0.0796. The summed E-state index contributed by atoms with van der Waals surface area (Å²) in [4.78, 5) is 20.8. The predicted octanol–water partition coefficient (Wildman–Crippen LogP) is 1.74. The highest BCUT2D eigenvalue weighted by molar-refractivity contribution is 5.82. The number of aromatic nitrogens is 5. The number of likely N-dealkylation sites (N-methyl/N-ethyl adjacent to an activating group) is 1. The third-order valence-corrected chi connectivity index (χ3v) is 5.57. The number of hydrogen-bond acceptors (Lipinski definition) is 6. The van der Waals surface area contributed by atoms with E-state index >= 15 is 0 Å². The summed E-state index contributed by atoms with van der Waals surface area (Å²) in [6, 6.07) is 7.90. The Bertz CT molecular complexity index is 1030. The summed E-state index contributed by atoms with van der Waals surface area (Å²) < 4.78 is 1.82. The minimum Gasteiger partial charge on any atom is -0.321 e. The fourth-order valence-electron chi connectivity index (χ4n) is 3.93. The van der Waals surface area contributed by atoms with Gasteiger partial charge in [0.25, 0.3) is 5.56 Å². The van der Waals surface area contributed by atoms with E-state index in [1.54, 1.807) is 0 Å². The van der Waals surface area contributed by atoms with Crippen LogP contribution in [0.15, 0.2) is 29.1 Å². The largest absolute Gasteiger partial charge is 0.321 e. The van der Waals surface area contributed by atoms with Crippen molar-refractivity contribution in [2.24, 2.45) is 0 Å². The van der Waals surface area contributed by atoms with Crippen LogP contribution in [0.2, 0.25) is 0 Å². The molecule has 2 aromatic heterocycles. The van der Waals surface area contributed by atoms with Crippen molar-refractivity contribution in [1.29, 1.82) is 0 Å². The van der Waals surface area contributed by atoms with Gasteiger partial charge >= 0.3 is 0 Å². The van der Waals surface area contributed by atoms with E-state index in [0.29, 0.717) is 5.56 Å². The Hall–Kier alpha value is -2.58. The van der Waals surface area contributed by atoms with Crippen molar-refractivity contribution in [2.75, 3.05) is 33.2 Å². The number of piperazine rings is 1. The molecular formula is C20H27N7O. The fraction of sp³-hybridized carbons (Fsp3) is 0.500. The molecule has 0 bridgehead atoms. The highest BCUT2D eigenvalue weighted by Crippen LogP contribution is 2.29. The van der Waals surface area contributed by atoms with Crippen LogP contribution in [0.5, 0.6) is 0 Å². The van der Waals surface area contributed by atoms with Gasteiger partial charge in [0.05, 0.1) is 11.6 Å². The second kappa shape index (κ2) is 7.44. The van der Waals surface area contributed by atoms with Crippen LogP contribution in [-0.2, 0) is 0 Å². The highest BCUT2D eigenvalue weighted by Gasteiger charge is 2.32. The zero-order valence-electron chi connectivity index (χ0n) is 16.9. The smallest absolute Gasteiger partial charge is 0.253 e. The number of tetrazole rings is 1. The highest BCUT2D eigenvalue weighted by atomic mass is 16.1. The molecule has 1 aliphatic rings. The van der Waals surface area contributed by atoms with Gasteiger partial charge in [-0.1, -0.05) is 18.2 Å². The number of benzene rings is 1. The van der Waals surface area contributed by atoms with E-state index in [1.165, 1.54) is 0 Å². The van der Waals surface area contributed by atoms with Gasteiger partial charge in [0, 0.05) is 31.7 Å². The molecule has 1 saturated heterocycles. The SMILES string of the molecule is Cc1cccc2cc([C@@H](c3nnnn3C(C)C)N3CCN(C)CC3)c(=O)[nH]c12. The summed E-state index contributed by atoms with van der Waals surface area (Å²) >= 11 is 0. The molecule has 0 amide bonds. The molecule has 0 unspecified atom stereocenters. The molecule has 0 saturated carbocycles. The molecule has 4 rings (SSSR count). The van der Waals surface area contributed by atoms with Crippen molar-refractivity contribution in [3.63, 3.8) is 0 Å². The second-order valence-corrected chi connectivity index (χ2v) is 7.91. The molecule has 1 atom stereocenters. The summed E-state index contributed by atoms with van der Waals surface area (Å²) in [6.45, 7) is 9.72. The van der Waals surface area contributed by atoms with Crippen molar-refractivity contribution >= 4 is 10.9 Å². The first-order valence-corrected chi connectivity index (χ1v) is 9.78. The van der Waals surface area contributed by atoms with Crippen LogP contribution >= 0.6 is 0 Å². The van der Waals surface area contributed by atoms with E-state index in [2.05, 4.69) is 51.2 Å². The number of aryl methyl sites for hydroxylation is 1. The topological polar surface area (TPSA) is 82.9 Å². The maximum Gasteiger partial charge on any atom is 0.253 e. The minimum atomic E-state index is -0.278. The van der Waals surface area contributed by atoms with E-state index in [9.17, 15) is 4.79 Å². The van der Waals surface area contributed by atoms with Crippen molar-refractivity contribution in [3.8, 4) is 0 Å². The molecular weight excluding hydrogens is 354 g/mol. The van der Waals surface area contributed by atoms with Crippen LogP contribution in [-0.4, -0.2) is 68.2 Å². The second-order valence-electron chi connectivity index (χ2n) is 7.91. The molecule has 3 heterocycles. The number of rotatable bonds is 4. The Balaban J connectivity index is 1.88. The van der Waals surface area contributed by atoms with Crippen molar-refractivity contribution in [3.05, 3.63) is 51.6 Å². The van der Waals surface area contributed by atoms with E-state index in [0.717, 1.165) is 48.5 Å². The third kappa shape index (κ3) is 3.33. The number of nitrogens with zero attached hydrogens (tertiary/aromatic N) is 6. The number of nitrogens with one attached hydrogen (secondary N) is 1. The van der Waals surface area contributed by atoms with Crippen LogP contribution in [0.1, 0.15) is 42.9 Å². The number of para-hydroxylation sites is 1. The van der Waals surface area contributed by atoms with E-state index in [-0.39, 0.29) is 17.6 Å². The number of fused-ring (bicyclic) bond motifs is 1. The molecule has 0 radical (unpaired) electrons. The standard InChI is InChI=1S/C20H27N7O/c1-13(2)27-19(22-23-24-27)18(26-10-8-25(4)9-11-26)16-12-15-7-5-6-14(3)17(15)21-20(16)28/h5-7,12-13,18H,8-11H2,1-4H3,(H,21,28)/t18-/m0/s1. The summed E-state index contributed by atoms with van der Waals surface area (Å²) in [5.41, 5.74) is 2.56. The Kier molecular flexibility index (Phi) is 4.99. The summed E-state index contributed by atoms with van der Waals surface area (Å²) in [6.07, 6.45) is 0. The zero-order valence-corrected chi connectivity index (χ0v) is 16.9. The molecule has 1 fully saturated rings. The Morgan fingerprint density at radius 2 is 1.89 bits per heavy atom. The van der Waals surface area contributed by atoms with Gasteiger partial charge in [-0.3, -0.25) is 9.69 Å². The molecule has 1 N–H and O–H groups in total. The van der Waals surface area contributed by atoms with Crippen LogP contribution in [0.3, 0.4) is 0 Å². The maximum absolute atomic E-state index is 13.1. The Morgan fingerprint density at radius 3 is 2.61 bits per heavy atom. The average Bonchev–Trinajstić information content (AvgIpc) is 3.14. The van der Waals surface area contributed by atoms with Crippen LogP contribution in [0, 0.1) is 6.92 Å². The fourth-order valence-corrected chi connectivity index (χ4v) is 3.93. The Labute approximate surface area is 164 Å². The summed E-state index contributed by atoms with van der Waals surface area (Å²) in [7, 11) is 2.12. The monoisotopic (exact) mass is 381 g/mol. The molecule has 0 aliphatic carbocycles. The lowest BCUT2D eigenvalue weighted by Gasteiger charge is -2.37. The van der Waals surface area contributed by atoms with Crippen molar-refractivity contribution in [1.82, 2.24) is 35.0 Å². The number of H-pyrrole nitrogens is 1. The lowest BCUT2D eigenvalue weighted by Crippen LogP contribution is -2.47. The van der Waals surface area contributed by atoms with Crippen LogP contribution < -0.4 is 5.56 Å². The summed E-state index contributed by atoms with van der Waals surface area (Å²) in [5.74, 6) is 0.719. The van der Waals surface area contributed by atoms with Crippen molar-refractivity contribution < 1.29 is 0 Å². The zero-order chi connectivity index (χ0) is 19.8. The first-order valence-electron chi connectivity index (χ1n) is 9.78. The number of aromatic amines is 1. The summed E-state index contributed by atoms with van der Waals surface area (Å²) in [5, 5.41) is 13.5. The van der Waals surface area contributed by atoms with Crippen LogP contribution in [0.4, 0.5) is 0 Å². The van der Waals surface area contributed by atoms with E-state index in [1.807, 2.05) is 35.9 Å². The molecule has 0 spiro atoms. The van der Waals surface area contributed by atoms with Gasteiger partial charge in [0.1, 0.15) is 6.04 Å². The Morgan fingerprint density at radius 1 is 1.14 bits per heavy atom. The molecule has 28 heavy (non-hydrogen) atoms. The van der Waals surface area contributed by atoms with Crippen LogP contribution in [0.25, 0.3) is 10.9 Å². The molecule has 148 valence electrons.